The number of benzene rings is 3. The fraction of sp³-hybridized carbons (Fsp3) is 0.167. The molecule has 0 atom stereocenters. The topological polar surface area (TPSA) is 80.3 Å². The first-order valence-corrected chi connectivity index (χ1v) is 11.0. The number of hydrogen-bond donors (Lipinski definition) is 0. The van der Waals surface area contributed by atoms with Gasteiger partial charge in [-0.25, -0.2) is 0 Å². The molecular formula is C24H18Br2O4-2. The fourth-order valence-corrected chi connectivity index (χ4v) is 4.71. The van der Waals surface area contributed by atoms with Crippen molar-refractivity contribution in [2.24, 2.45) is 0 Å². The Morgan fingerprint density at radius 1 is 0.700 bits per heavy atom. The molecule has 0 bridgehead atoms. The average molecular weight is 530 g/mol. The maximum absolute atomic E-state index is 12.0. The molecule has 0 unspecified atom stereocenters. The van der Waals surface area contributed by atoms with Crippen LogP contribution in [0.25, 0.3) is 22.3 Å². The zero-order chi connectivity index (χ0) is 22.0. The lowest BCUT2D eigenvalue weighted by atomic mass is 9.86. The fourth-order valence-electron chi connectivity index (χ4n) is 3.46. The van der Waals surface area contributed by atoms with Crippen molar-refractivity contribution in [2.75, 3.05) is 0 Å². The van der Waals surface area contributed by atoms with Crippen molar-refractivity contribution in [1.29, 1.82) is 0 Å². The molecular weight excluding hydrogens is 512 g/mol. The predicted octanol–water partition coefficient (Wildman–Crippen LogP) is 4.40. The van der Waals surface area contributed by atoms with E-state index in [1.807, 2.05) is 38.1 Å². The third-order valence-electron chi connectivity index (χ3n) is 5.07. The van der Waals surface area contributed by atoms with Crippen molar-refractivity contribution in [2.45, 2.75) is 26.7 Å². The second-order valence-corrected chi connectivity index (χ2v) is 8.53. The second-order valence-electron chi connectivity index (χ2n) is 6.82. The number of hydrogen-bond acceptors (Lipinski definition) is 4. The SMILES string of the molecule is CCc1ccc(-c2c(C(=O)[O-])ccc(C(=O)[O-])c2-c2ccc(CC)cc2Br)c(Br)c1. The molecule has 3 rings (SSSR count). The van der Waals surface area contributed by atoms with E-state index >= 15 is 0 Å². The van der Waals surface area contributed by atoms with Gasteiger partial charge in [0.2, 0.25) is 0 Å². The van der Waals surface area contributed by atoms with E-state index in [-0.39, 0.29) is 22.3 Å². The Balaban J connectivity index is 2.47. The molecule has 30 heavy (non-hydrogen) atoms. The van der Waals surface area contributed by atoms with E-state index in [9.17, 15) is 19.8 Å². The second kappa shape index (κ2) is 9.14. The maximum atomic E-state index is 12.0. The van der Waals surface area contributed by atoms with Gasteiger partial charge in [0.25, 0.3) is 0 Å². The number of halogens is 2. The molecule has 0 fully saturated rings. The molecule has 0 saturated carbocycles. The number of aryl methyl sites for hydroxylation is 2. The summed E-state index contributed by atoms with van der Waals surface area (Å²) >= 11 is 7.06. The van der Waals surface area contributed by atoms with E-state index in [4.69, 9.17) is 0 Å². The van der Waals surface area contributed by atoms with E-state index in [0.717, 1.165) is 24.0 Å². The highest BCUT2D eigenvalue weighted by Crippen LogP contribution is 2.43. The summed E-state index contributed by atoms with van der Waals surface area (Å²) in [5.41, 5.74) is 3.62. The lowest BCUT2D eigenvalue weighted by Crippen LogP contribution is -2.26. The molecule has 0 spiro atoms. The van der Waals surface area contributed by atoms with Gasteiger partial charge in [0.1, 0.15) is 0 Å². The number of carboxylic acids is 2. The zero-order valence-corrected chi connectivity index (χ0v) is 19.6. The molecule has 0 aliphatic rings. The summed E-state index contributed by atoms with van der Waals surface area (Å²) in [6, 6.07) is 13.7. The largest absolute Gasteiger partial charge is 0.545 e. The minimum atomic E-state index is -1.39. The highest BCUT2D eigenvalue weighted by Gasteiger charge is 2.21. The normalized spacial score (nSPS) is 10.8. The van der Waals surface area contributed by atoms with E-state index in [0.29, 0.717) is 20.1 Å². The maximum Gasteiger partial charge on any atom is 0.0721 e. The van der Waals surface area contributed by atoms with Gasteiger partial charge in [-0.15, -0.1) is 0 Å². The first kappa shape index (κ1) is 22.2. The van der Waals surface area contributed by atoms with Gasteiger partial charge in [0.05, 0.1) is 11.9 Å². The molecule has 0 aromatic heterocycles. The van der Waals surface area contributed by atoms with Crippen molar-refractivity contribution in [1.82, 2.24) is 0 Å². The summed E-state index contributed by atoms with van der Waals surface area (Å²) in [6.07, 6.45) is 1.62. The van der Waals surface area contributed by atoms with Crippen molar-refractivity contribution < 1.29 is 19.8 Å². The molecule has 0 amide bonds. The van der Waals surface area contributed by atoms with Gasteiger partial charge < -0.3 is 19.8 Å². The van der Waals surface area contributed by atoms with Gasteiger partial charge >= 0.3 is 0 Å². The van der Waals surface area contributed by atoms with E-state index in [1.54, 1.807) is 12.1 Å². The molecule has 0 radical (unpaired) electrons. The van der Waals surface area contributed by atoms with Gasteiger partial charge in [-0.1, -0.05) is 82.1 Å². The quantitative estimate of drug-likeness (QED) is 0.474. The number of carbonyl (C=O) groups excluding carboxylic acids is 2. The third-order valence-corrected chi connectivity index (χ3v) is 6.38. The smallest absolute Gasteiger partial charge is 0.0721 e. The Kier molecular flexibility index (Phi) is 6.78. The lowest BCUT2D eigenvalue weighted by molar-refractivity contribution is -0.256. The van der Waals surface area contributed by atoms with Crippen LogP contribution in [0.2, 0.25) is 0 Å². The predicted molar refractivity (Wildman–Crippen MR) is 120 cm³/mol. The van der Waals surface area contributed by atoms with Crippen LogP contribution >= 0.6 is 31.9 Å². The van der Waals surface area contributed by atoms with Crippen molar-refractivity contribution in [3.63, 3.8) is 0 Å². The van der Waals surface area contributed by atoms with Gasteiger partial charge in [0.15, 0.2) is 0 Å². The summed E-state index contributed by atoms with van der Waals surface area (Å²) < 4.78 is 1.34. The molecule has 4 nitrogen and oxygen atoms in total. The van der Waals surface area contributed by atoms with Crippen LogP contribution in [-0.2, 0) is 12.8 Å². The third kappa shape index (κ3) is 4.20. The monoisotopic (exact) mass is 528 g/mol. The molecule has 0 heterocycles. The highest BCUT2D eigenvalue weighted by molar-refractivity contribution is 9.11. The van der Waals surface area contributed by atoms with Gasteiger partial charge in [0, 0.05) is 31.2 Å². The van der Waals surface area contributed by atoms with Crippen LogP contribution in [0.3, 0.4) is 0 Å². The molecule has 0 N–H and O–H groups in total. The summed E-state index contributed by atoms with van der Waals surface area (Å²) in [5.74, 6) is -2.77. The van der Waals surface area contributed by atoms with Gasteiger partial charge in [-0.3, -0.25) is 0 Å². The van der Waals surface area contributed by atoms with E-state index in [1.165, 1.54) is 12.1 Å². The first-order chi connectivity index (χ1) is 14.3. The molecule has 0 aliphatic heterocycles. The summed E-state index contributed by atoms with van der Waals surface area (Å²) in [4.78, 5) is 24.0. The number of rotatable bonds is 6. The molecule has 6 heteroatoms. The molecule has 3 aromatic rings. The highest BCUT2D eigenvalue weighted by atomic mass is 79.9. The molecule has 3 aromatic carbocycles. The minimum Gasteiger partial charge on any atom is -0.545 e. The lowest BCUT2D eigenvalue weighted by Gasteiger charge is -2.22. The Morgan fingerprint density at radius 2 is 1.07 bits per heavy atom. The van der Waals surface area contributed by atoms with Gasteiger partial charge in [-0.2, -0.15) is 0 Å². The molecule has 154 valence electrons. The van der Waals surface area contributed by atoms with Gasteiger partial charge in [-0.05, 0) is 47.2 Å². The standard InChI is InChI=1S/C24H20Br2O4/c1-3-13-5-7-15(19(25)11-13)21-17(23(27)28)9-10-18(24(29)30)22(21)16-8-6-14(4-2)12-20(16)26/h5-12H,3-4H2,1-2H3,(H,27,28)(H,29,30)/p-2. The minimum absolute atomic E-state index is 0.0913. The van der Waals surface area contributed by atoms with Crippen molar-refractivity contribution in [3.8, 4) is 22.3 Å². The Morgan fingerprint density at radius 3 is 1.33 bits per heavy atom. The summed E-state index contributed by atoms with van der Waals surface area (Å²) in [5, 5.41) is 24.0. The van der Waals surface area contributed by atoms with Crippen LogP contribution < -0.4 is 10.2 Å². The number of carbonyl (C=O) groups is 2. The van der Waals surface area contributed by atoms with Crippen molar-refractivity contribution in [3.05, 3.63) is 79.7 Å². The summed E-state index contributed by atoms with van der Waals surface area (Å²) in [7, 11) is 0. The first-order valence-electron chi connectivity index (χ1n) is 9.45. The Hall–Kier alpha value is -2.44. The van der Waals surface area contributed by atoms with Crippen LogP contribution in [-0.4, -0.2) is 11.9 Å². The Labute approximate surface area is 191 Å². The van der Waals surface area contributed by atoms with Crippen LogP contribution in [0.1, 0.15) is 45.7 Å². The van der Waals surface area contributed by atoms with Crippen LogP contribution in [0.15, 0.2) is 57.5 Å². The zero-order valence-electron chi connectivity index (χ0n) is 16.4. The Bertz CT molecular complexity index is 1060. The molecule has 0 aliphatic carbocycles. The average Bonchev–Trinajstić information content (AvgIpc) is 2.72. The van der Waals surface area contributed by atoms with Crippen LogP contribution in [0.5, 0.6) is 0 Å². The van der Waals surface area contributed by atoms with Crippen LogP contribution in [0, 0.1) is 0 Å². The van der Waals surface area contributed by atoms with E-state index < -0.39 is 11.9 Å². The summed E-state index contributed by atoms with van der Waals surface area (Å²) in [6.45, 7) is 4.03. The number of aromatic carboxylic acids is 2. The van der Waals surface area contributed by atoms with Crippen molar-refractivity contribution >= 4 is 43.8 Å². The van der Waals surface area contributed by atoms with E-state index in [2.05, 4.69) is 31.9 Å². The molecule has 0 saturated heterocycles. The van der Waals surface area contributed by atoms with Crippen LogP contribution in [0.4, 0.5) is 0 Å². The number of carboxylic acid groups (broad SMARTS) is 2.